The van der Waals surface area contributed by atoms with Crippen LogP contribution in [0.1, 0.15) is 36.5 Å². The lowest BCUT2D eigenvalue weighted by Crippen LogP contribution is -2.36. The van der Waals surface area contributed by atoms with Crippen molar-refractivity contribution in [3.8, 4) is 11.5 Å². The topological polar surface area (TPSA) is 47.6 Å². The van der Waals surface area contributed by atoms with Crippen molar-refractivity contribution in [2.24, 2.45) is 5.92 Å². The van der Waals surface area contributed by atoms with E-state index in [4.69, 9.17) is 9.47 Å². The summed E-state index contributed by atoms with van der Waals surface area (Å²) in [5, 5.41) is 3.12. The molecule has 1 N–H and O–H groups in total. The van der Waals surface area contributed by atoms with Crippen LogP contribution < -0.4 is 14.8 Å². The number of fused-ring (bicyclic) bond motifs is 1. The quantitative estimate of drug-likeness (QED) is 0.889. The van der Waals surface area contributed by atoms with Crippen LogP contribution >= 0.6 is 0 Å². The Morgan fingerprint density at radius 1 is 1.21 bits per heavy atom. The van der Waals surface area contributed by atoms with Gasteiger partial charge in [-0.2, -0.15) is 0 Å². The molecule has 4 nitrogen and oxygen atoms in total. The van der Waals surface area contributed by atoms with Crippen LogP contribution in [0.2, 0.25) is 0 Å². The monoisotopic (exact) mass is 261 g/mol. The Hall–Kier alpha value is -1.71. The Morgan fingerprint density at radius 3 is 2.74 bits per heavy atom. The van der Waals surface area contributed by atoms with Gasteiger partial charge in [0.25, 0.3) is 5.91 Å². The summed E-state index contributed by atoms with van der Waals surface area (Å²) in [4.78, 5) is 12.2. The minimum Gasteiger partial charge on any atom is -0.486 e. The van der Waals surface area contributed by atoms with Gasteiger partial charge < -0.3 is 14.8 Å². The number of rotatable bonds is 2. The molecule has 1 aliphatic heterocycles. The second-order valence-electron chi connectivity index (χ2n) is 5.35. The molecule has 0 saturated heterocycles. The molecule has 1 amide bonds. The number of carbonyl (C=O) groups excluding carboxylic acids is 1. The van der Waals surface area contributed by atoms with Gasteiger partial charge >= 0.3 is 0 Å². The van der Waals surface area contributed by atoms with Gasteiger partial charge in [-0.25, -0.2) is 0 Å². The molecule has 2 atom stereocenters. The molecule has 2 aliphatic rings. The molecule has 1 heterocycles. The van der Waals surface area contributed by atoms with Crippen LogP contribution in [0.4, 0.5) is 0 Å². The van der Waals surface area contributed by atoms with Gasteiger partial charge in [0.05, 0.1) is 0 Å². The van der Waals surface area contributed by atoms with Gasteiger partial charge in [0.1, 0.15) is 13.2 Å². The van der Waals surface area contributed by atoms with Crippen molar-refractivity contribution >= 4 is 5.91 Å². The Labute approximate surface area is 113 Å². The summed E-state index contributed by atoms with van der Waals surface area (Å²) >= 11 is 0. The zero-order chi connectivity index (χ0) is 13.2. The van der Waals surface area contributed by atoms with Gasteiger partial charge in [-0.05, 0) is 37.0 Å². The molecule has 0 unspecified atom stereocenters. The standard InChI is InChI=1S/C15H19NO3/c1-10-3-2-4-12(10)16-15(17)11-5-6-13-14(9-11)19-8-7-18-13/h5-6,9-10,12H,2-4,7-8H2,1H3,(H,16,17)/t10-,12+/m0/s1. The van der Waals surface area contributed by atoms with Gasteiger partial charge in [0.2, 0.25) is 0 Å². The van der Waals surface area contributed by atoms with E-state index in [1.165, 1.54) is 12.8 Å². The summed E-state index contributed by atoms with van der Waals surface area (Å²) in [7, 11) is 0. The molecule has 102 valence electrons. The number of nitrogens with one attached hydrogen (secondary N) is 1. The third-order valence-electron chi connectivity index (χ3n) is 3.98. The third kappa shape index (κ3) is 2.53. The molecule has 0 aromatic heterocycles. The zero-order valence-electron chi connectivity index (χ0n) is 11.1. The minimum atomic E-state index is -0.0178. The van der Waals surface area contributed by atoms with Crippen LogP contribution in [-0.4, -0.2) is 25.2 Å². The molecule has 1 saturated carbocycles. The molecular formula is C15H19NO3. The van der Waals surface area contributed by atoms with Crippen molar-refractivity contribution in [1.82, 2.24) is 5.32 Å². The highest BCUT2D eigenvalue weighted by atomic mass is 16.6. The lowest BCUT2D eigenvalue weighted by molar-refractivity contribution is 0.0928. The molecule has 1 aromatic rings. The SMILES string of the molecule is C[C@H]1CCC[C@H]1NC(=O)c1ccc2c(c1)OCCO2. The molecule has 1 aromatic carbocycles. The van der Waals surface area contributed by atoms with Gasteiger partial charge in [0.15, 0.2) is 11.5 Å². The largest absolute Gasteiger partial charge is 0.486 e. The van der Waals surface area contributed by atoms with E-state index in [1.54, 1.807) is 12.1 Å². The number of carbonyl (C=O) groups is 1. The highest BCUT2D eigenvalue weighted by Crippen LogP contribution is 2.31. The number of hydrogen-bond acceptors (Lipinski definition) is 3. The van der Waals surface area contributed by atoms with Crippen molar-refractivity contribution in [3.05, 3.63) is 23.8 Å². The van der Waals surface area contributed by atoms with Crippen LogP contribution in [0, 0.1) is 5.92 Å². The maximum Gasteiger partial charge on any atom is 0.251 e. The van der Waals surface area contributed by atoms with E-state index in [-0.39, 0.29) is 5.91 Å². The second-order valence-corrected chi connectivity index (χ2v) is 5.35. The minimum absolute atomic E-state index is 0.0178. The van der Waals surface area contributed by atoms with E-state index in [1.807, 2.05) is 6.07 Å². The molecule has 19 heavy (non-hydrogen) atoms. The van der Waals surface area contributed by atoms with E-state index in [2.05, 4.69) is 12.2 Å². The summed E-state index contributed by atoms with van der Waals surface area (Å²) in [6.07, 6.45) is 3.48. The Morgan fingerprint density at radius 2 is 2.00 bits per heavy atom. The highest BCUT2D eigenvalue weighted by Gasteiger charge is 2.25. The Kier molecular flexibility index (Phi) is 3.32. The summed E-state index contributed by atoms with van der Waals surface area (Å²) in [5.74, 6) is 1.94. The Bertz CT molecular complexity index is 486. The van der Waals surface area contributed by atoms with Gasteiger partial charge in [-0.1, -0.05) is 13.3 Å². The fourth-order valence-electron chi connectivity index (χ4n) is 2.80. The van der Waals surface area contributed by atoms with Crippen LogP contribution in [0.3, 0.4) is 0 Å². The average Bonchev–Trinajstić information content (AvgIpc) is 2.84. The first-order valence-corrected chi connectivity index (χ1v) is 6.94. The van der Waals surface area contributed by atoms with E-state index in [9.17, 15) is 4.79 Å². The van der Waals surface area contributed by atoms with E-state index < -0.39 is 0 Å². The number of ether oxygens (including phenoxy) is 2. The molecule has 0 radical (unpaired) electrons. The van der Waals surface area contributed by atoms with Gasteiger partial charge in [0, 0.05) is 11.6 Å². The molecule has 1 aliphatic carbocycles. The summed E-state index contributed by atoms with van der Waals surface area (Å²) < 4.78 is 11.0. The van der Waals surface area contributed by atoms with Crippen molar-refractivity contribution < 1.29 is 14.3 Å². The van der Waals surface area contributed by atoms with Crippen molar-refractivity contribution in [3.63, 3.8) is 0 Å². The predicted molar refractivity (Wildman–Crippen MR) is 71.7 cm³/mol. The maximum absolute atomic E-state index is 12.2. The maximum atomic E-state index is 12.2. The number of hydrogen-bond donors (Lipinski definition) is 1. The van der Waals surface area contributed by atoms with E-state index >= 15 is 0 Å². The molecule has 4 heteroatoms. The fourth-order valence-corrected chi connectivity index (χ4v) is 2.80. The Balaban J connectivity index is 1.72. The number of amides is 1. The predicted octanol–water partition coefficient (Wildman–Crippen LogP) is 2.38. The summed E-state index contributed by atoms with van der Waals surface area (Å²) in [5.41, 5.74) is 0.642. The smallest absolute Gasteiger partial charge is 0.251 e. The first-order valence-electron chi connectivity index (χ1n) is 6.94. The van der Waals surface area contributed by atoms with Crippen molar-refractivity contribution in [2.75, 3.05) is 13.2 Å². The highest BCUT2D eigenvalue weighted by molar-refractivity contribution is 5.95. The van der Waals surface area contributed by atoms with E-state index in [0.29, 0.717) is 36.5 Å². The van der Waals surface area contributed by atoms with E-state index in [0.717, 1.165) is 12.2 Å². The average molecular weight is 261 g/mol. The first-order chi connectivity index (χ1) is 9.24. The van der Waals surface area contributed by atoms with Gasteiger partial charge in [-0.3, -0.25) is 4.79 Å². The lowest BCUT2D eigenvalue weighted by Gasteiger charge is -2.20. The van der Waals surface area contributed by atoms with Crippen molar-refractivity contribution in [2.45, 2.75) is 32.2 Å². The van der Waals surface area contributed by atoms with Crippen LogP contribution in [-0.2, 0) is 0 Å². The third-order valence-corrected chi connectivity index (χ3v) is 3.98. The molecule has 1 fully saturated rings. The molecular weight excluding hydrogens is 242 g/mol. The normalized spacial score (nSPS) is 25.1. The van der Waals surface area contributed by atoms with Gasteiger partial charge in [-0.15, -0.1) is 0 Å². The van der Waals surface area contributed by atoms with Crippen LogP contribution in [0.5, 0.6) is 11.5 Å². The molecule has 0 bridgehead atoms. The molecule has 0 spiro atoms. The summed E-state index contributed by atoms with van der Waals surface area (Å²) in [6.45, 7) is 3.30. The lowest BCUT2D eigenvalue weighted by atomic mass is 10.1. The summed E-state index contributed by atoms with van der Waals surface area (Å²) in [6, 6.07) is 5.67. The zero-order valence-corrected chi connectivity index (χ0v) is 11.1. The van der Waals surface area contributed by atoms with Crippen LogP contribution in [0.15, 0.2) is 18.2 Å². The first kappa shape index (κ1) is 12.3. The number of benzene rings is 1. The second kappa shape index (κ2) is 5.11. The van der Waals surface area contributed by atoms with Crippen LogP contribution in [0.25, 0.3) is 0 Å². The fraction of sp³-hybridized carbons (Fsp3) is 0.533. The molecule has 3 rings (SSSR count). The van der Waals surface area contributed by atoms with Crippen molar-refractivity contribution in [1.29, 1.82) is 0 Å².